The van der Waals surface area contributed by atoms with Crippen LogP contribution in [-0.2, 0) is 11.4 Å². The van der Waals surface area contributed by atoms with Gasteiger partial charge in [-0.2, -0.15) is 0 Å². The molecule has 33 heavy (non-hydrogen) atoms. The number of benzene rings is 3. The van der Waals surface area contributed by atoms with Crippen LogP contribution in [-0.4, -0.2) is 24.1 Å². The van der Waals surface area contributed by atoms with E-state index in [0.29, 0.717) is 22.8 Å². The van der Waals surface area contributed by atoms with Crippen molar-refractivity contribution < 1.29 is 24.2 Å². The molecule has 4 rings (SSSR count). The second kappa shape index (κ2) is 10.0. The van der Waals surface area contributed by atoms with Gasteiger partial charge in [0.2, 0.25) is 0 Å². The standard InChI is InChI=1S/C26H21NO5S/c1-31-21-7-4-5-18(13-21)16-32-20-11-9-17(10-12-20)14-22(26(29)30)27-25(28)24-15-19-6-2-3-8-23(19)33-24/h2-15H,16H2,1H3,(H,27,28)(H,29,30). The van der Waals surface area contributed by atoms with Gasteiger partial charge < -0.3 is 19.9 Å². The van der Waals surface area contributed by atoms with Crippen molar-refractivity contribution in [3.05, 3.63) is 101 Å². The minimum absolute atomic E-state index is 0.206. The topological polar surface area (TPSA) is 84.9 Å². The quantitative estimate of drug-likeness (QED) is 0.347. The van der Waals surface area contributed by atoms with E-state index in [1.54, 1.807) is 37.4 Å². The molecule has 0 atom stereocenters. The predicted molar refractivity (Wildman–Crippen MR) is 129 cm³/mol. The highest BCUT2D eigenvalue weighted by Crippen LogP contribution is 2.25. The van der Waals surface area contributed by atoms with Crippen LogP contribution in [0.5, 0.6) is 11.5 Å². The molecule has 0 spiro atoms. The van der Waals surface area contributed by atoms with Crippen molar-refractivity contribution in [2.75, 3.05) is 7.11 Å². The van der Waals surface area contributed by atoms with Gasteiger partial charge in [0, 0.05) is 4.70 Å². The van der Waals surface area contributed by atoms with Gasteiger partial charge in [-0.3, -0.25) is 4.79 Å². The summed E-state index contributed by atoms with van der Waals surface area (Å²) in [6.07, 6.45) is 1.42. The van der Waals surface area contributed by atoms with Crippen molar-refractivity contribution in [3.8, 4) is 11.5 Å². The Hall–Kier alpha value is -4.10. The Morgan fingerprint density at radius 1 is 0.970 bits per heavy atom. The summed E-state index contributed by atoms with van der Waals surface area (Å²) in [6, 6.07) is 23.9. The Labute approximate surface area is 194 Å². The summed E-state index contributed by atoms with van der Waals surface area (Å²) in [5.74, 6) is -0.275. The van der Waals surface area contributed by atoms with Crippen LogP contribution in [0.4, 0.5) is 0 Å². The molecule has 1 amide bonds. The zero-order valence-electron chi connectivity index (χ0n) is 17.8. The Kier molecular flexibility index (Phi) is 6.71. The Morgan fingerprint density at radius 2 is 1.76 bits per heavy atom. The van der Waals surface area contributed by atoms with Crippen molar-refractivity contribution in [3.63, 3.8) is 0 Å². The molecule has 2 N–H and O–H groups in total. The third-order valence-electron chi connectivity index (χ3n) is 4.86. The van der Waals surface area contributed by atoms with Crippen LogP contribution < -0.4 is 14.8 Å². The van der Waals surface area contributed by atoms with E-state index in [2.05, 4.69) is 5.32 Å². The summed E-state index contributed by atoms with van der Waals surface area (Å²) in [6.45, 7) is 0.373. The molecule has 0 saturated carbocycles. The lowest BCUT2D eigenvalue weighted by molar-refractivity contribution is -0.132. The number of nitrogens with one attached hydrogen (secondary N) is 1. The molecule has 1 heterocycles. The Balaban J connectivity index is 1.43. The third kappa shape index (κ3) is 5.58. The van der Waals surface area contributed by atoms with Crippen LogP contribution in [0.25, 0.3) is 16.2 Å². The van der Waals surface area contributed by atoms with E-state index in [1.165, 1.54) is 17.4 Å². The minimum Gasteiger partial charge on any atom is -0.497 e. The fraction of sp³-hybridized carbons (Fsp3) is 0.0769. The number of carbonyl (C=O) groups is 2. The summed E-state index contributed by atoms with van der Waals surface area (Å²) in [4.78, 5) is 24.8. The van der Waals surface area contributed by atoms with Crippen molar-refractivity contribution in [2.24, 2.45) is 0 Å². The van der Waals surface area contributed by atoms with Gasteiger partial charge in [0.25, 0.3) is 5.91 Å². The number of ether oxygens (including phenoxy) is 2. The number of thiophene rings is 1. The monoisotopic (exact) mass is 459 g/mol. The number of carbonyl (C=O) groups excluding carboxylic acids is 1. The first-order valence-electron chi connectivity index (χ1n) is 10.1. The van der Waals surface area contributed by atoms with Crippen molar-refractivity contribution >= 4 is 39.4 Å². The normalized spacial score (nSPS) is 11.2. The lowest BCUT2D eigenvalue weighted by Gasteiger charge is -2.08. The molecule has 1 aromatic heterocycles. The molecule has 6 nitrogen and oxygen atoms in total. The summed E-state index contributed by atoms with van der Waals surface area (Å²) >= 11 is 1.32. The molecule has 0 radical (unpaired) electrons. The number of carboxylic acids is 1. The van der Waals surface area contributed by atoms with Crippen LogP contribution in [0.1, 0.15) is 20.8 Å². The van der Waals surface area contributed by atoms with Gasteiger partial charge >= 0.3 is 5.97 Å². The van der Waals surface area contributed by atoms with Crippen LogP contribution >= 0.6 is 11.3 Å². The first kappa shape index (κ1) is 22.1. The summed E-state index contributed by atoms with van der Waals surface area (Å²) in [5, 5.41) is 13.0. The molecule has 3 aromatic carbocycles. The Morgan fingerprint density at radius 3 is 2.48 bits per heavy atom. The van der Waals surface area contributed by atoms with E-state index in [4.69, 9.17) is 9.47 Å². The van der Waals surface area contributed by atoms with Crippen LogP contribution in [0.3, 0.4) is 0 Å². The molecule has 0 unspecified atom stereocenters. The van der Waals surface area contributed by atoms with Crippen LogP contribution in [0.15, 0.2) is 84.6 Å². The van der Waals surface area contributed by atoms with E-state index < -0.39 is 11.9 Å². The zero-order valence-corrected chi connectivity index (χ0v) is 18.6. The molecule has 0 saturated heterocycles. The average Bonchev–Trinajstić information content (AvgIpc) is 3.28. The summed E-state index contributed by atoms with van der Waals surface area (Å²) < 4.78 is 12.0. The zero-order chi connectivity index (χ0) is 23.2. The number of fused-ring (bicyclic) bond motifs is 1. The van der Waals surface area contributed by atoms with E-state index in [1.807, 2.05) is 48.5 Å². The SMILES string of the molecule is COc1cccc(COc2ccc(C=C(NC(=O)c3cc4ccccc4s3)C(=O)O)cc2)c1. The number of hydrogen-bond donors (Lipinski definition) is 2. The maximum Gasteiger partial charge on any atom is 0.352 e. The molecule has 7 heteroatoms. The third-order valence-corrected chi connectivity index (χ3v) is 5.97. The second-order valence-electron chi connectivity index (χ2n) is 7.18. The largest absolute Gasteiger partial charge is 0.497 e. The number of hydrogen-bond acceptors (Lipinski definition) is 5. The molecular weight excluding hydrogens is 438 g/mol. The number of methoxy groups -OCH3 is 1. The Bertz CT molecular complexity index is 1290. The number of rotatable bonds is 8. The molecule has 0 aliphatic heterocycles. The van der Waals surface area contributed by atoms with Gasteiger partial charge in [0.15, 0.2) is 0 Å². The highest BCUT2D eigenvalue weighted by molar-refractivity contribution is 7.20. The van der Waals surface area contributed by atoms with Gasteiger partial charge in [-0.15, -0.1) is 11.3 Å². The maximum absolute atomic E-state index is 12.6. The first-order chi connectivity index (χ1) is 16.0. The highest BCUT2D eigenvalue weighted by atomic mass is 32.1. The average molecular weight is 460 g/mol. The van der Waals surface area contributed by atoms with Gasteiger partial charge in [0.1, 0.15) is 23.8 Å². The molecule has 4 aromatic rings. The molecule has 0 fully saturated rings. The van der Waals surface area contributed by atoms with Crippen molar-refractivity contribution in [1.82, 2.24) is 5.32 Å². The predicted octanol–water partition coefficient (Wildman–Crippen LogP) is 5.34. The van der Waals surface area contributed by atoms with E-state index in [0.717, 1.165) is 21.4 Å². The highest BCUT2D eigenvalue weighted by Gasteiger charge is 2.15. The summed E-state index contributed by atoms with van der Waals surface area (Å²) in [5.41, 5.74) is 1.38. The van der Waals surface area contributed by atoms with Gasteiger partial charge in [-0.1, -0.05) is 42.5 Å². The molecule has 0 bridgehead atoms. The van der Waals surface area contributed by atoms with Crippen LogP contribution in [0, 0.1) is 0 Å². The number of aliphatic carboxylic acids is 1. The maximum atomic E-state index is 12.6. The molecular formula is C26H21NO5S. The van der Waals surface area contributed by atoms with Crippen LogP contribution in [0.2, 0.25) is 0 Å². The molecule has 0 aliphatic carbocycles. The fourth-order valence-corrected chi connectivity index (χ4v) is 4.14. The number of amides is 1. The smallest absolute Gasteiger partial charge is 0.352 e. The summed E-state index contributed by atoms with van der Waals surface area (Å²) in [7, 11) is 1.61. The minimum atomic E-state index is -1.22. The van der Waals surface area contributed by atoms with E-state index in [-0.39, 0.29) is 5.70 Å². The van der Waals surface area contributed by atoms with Crippen molar-refractivity contribution in [1.29, 1.82) is 0 Å². The second-order valence-corrected chi connectivity index (χ2v) is 8.26. The first-order valence-corrected chi connectivity index (χ1v) is 10.9. The van der Waals surface area contributed by atoms with Crippen molar-refractivity contribution in [2.45, 2.75) is 6.61 Å². The van der Waals surface area contributed by atoms with E-state index >= 15 is 0 Å². The molecule has 166 valence electrons. The fourth-order valence-electron chi connectivity index (χ4n) is 3.18. The van der Waals surface area contributed by atoms with Gasteiger partial charge in [-0.05, 0) is 59.0 Å². The lowest BCUT2D eigenvalue weighted by Crippen LogP contribution is -2.26. The van der Waals surface area contributed by atoms with Gasteiger partial charge in [-0.25, -0.2) is 4.79 Å². The number of carboxylic acid groups (broad SMARTS) is 1. The molecule has 0 aliphatic rings. The van der Waals surface area contributed by atoms with Gasteiger partial charge in [0.05, 0.1) is 12.0 Å². The lowest BCUT2D eigenvalue weighted by atomic mass is 10.1. The van der Waals surface area contributed by atoms with E-state index in [9.17, 15) is 14.7 Å².